The average molecular weight is 588 g/mol. The number of nitrogens with zero attached hydrogens (tertiary/aromatic N) is 4. The highest BCUT2D eigenvalue weighted by Gasteiger charge is 2.27. The van der Waals surface area contributed by atoms with Crippen molar-refractivity contribution in [3.05, 3.63) is 77.6 Å². The third-order valence-corrected chi connectivity index (χ3v) is 9.68. The molecule has 0 aliphatic carbocycles. The van der Waals surface area contributed by atoms with E-state index in [1.807, 2.05) is 36.4 Å². The Hall–Kier alpha value is -3.93. The third kappa shape index (κ3) is 5.85. The molecule has 0 radical (unpaired) electrons. The van der Waals surface area contributed by atoms with Gasteiger partial charge in [0.15, 0.2) is 9.84 Å². The van der Waals surface area contributed by atoms with Crippen LogP contribution in [0.15, 0.2) is 65.7 Å². The van der Waals surface area contributed by atoms with Crippen LogP contribution in [0.3, 0.4) is 0 Å². The highest BCUT2D eigenvalue weighted by atomic mass is 32.2. The van der Waals surface area contributed by atoms with Crippen molar-refractivity contribution in [2.24, 2.45) is 5.92 Å². The summed E-state index contributed by atoms with van der Waals surface area (Å²) in [5.74, 6) is 0.852. The van der Waals surface area contributed by atoms with E-state index >= 15 is 0 Å². The topological polar surface area (TPSA) is 124 Å². The Balaban J connectivity index is 1.18. The zero-order valence-electron chi connectivity index (χ0n) is 23.6. The first-order valence-electron chi connectivity index (χ1n) is 14.0. The summed E-state index contributed by atoms with van der Waals surface area (Å²) < 4.78 is 36.2. The van der Waals surface area contributed by atoms with Gasteiger partial charge in [-0.2, -0.15) is 0 Å². The van der Waals surface area contributed by atoms with Gasteiger partial charge in [0.25, 0.3) is 5.91 Å². The Morgan fingerprint density at radius 2 is 1.98 bits per heavy atom. The molecule has 5 heterocycles. The Labute approximate surface area is 245 Å². The summed E-state index contributed by atoms with van der Waals surface area (Å²) in [5.41, 5.74) is 3.74. The molecule has 2 atom stereocenters. The molecule has 1 N–H and O–H groups in total. The fourth-order valence-corrected chi connectivity index (χ4v) is 6.95. The fraction of sp³-hybridized carbons (Fsp3) is 0.355. The molecule has 10 nitrogen and oxygen atoms in total. The molecule has 11 heteroatoms. The molecule has 0 spiro atoms. The second-order valence-electron chi connectivity index (χ2n) is 10.8. The third-order valence-electron chi connectivity index (χ3n) is 7.93. The summed E-state index contributed by atoms with van der Waals surface area (Å²) in [6, 6.07) is 16.4. The van der Waals surface area contributed by atoms with Crippen molar-refractivity contribution in [1.82, 2.24) is 20.3 Å². The van der Waals surface area contributed by atoms with E-state index in [9.17, 15) is 13.2 Å². The second-order valence-corrected chi connectivity index (χ2v) is 12.9. The van der Waals surface area contributed by atoms with E-state index in [0.717, 1.165) is 47.6 Å². The number of methoxy groups -OCH3 is 1. The summed E-state index contributed by atoms with van der Waals surface area (Å²) in [6.45, 7) is 4.49. The van der Waals surface area contributed by atoms with Gasteiger partial charge in [-0.1, -0.05) is 19.1 Å². The van der Waals surface area contributed by atoms with Crippen molar-refractivity contribution >= 4 is 32.5 Å². The number of fused-ring (bicyclic) bond motifs is 2. The van der Waals surface area contributed by atoms with Crippen molar-refractivity contribution < 1.29 is 22.7 Å². The van der Waals surface area contributed by atoms with Crippen LogP contribution >= 0.6 is 0 Å². The van der Waals surface area contributed by atoms with Gasteiger partial charge < -0.3 is 19.7 Å². The summed E-state index contributed by atoms with van der Waals surface area (Å²) in [4.78, 5) is 29.6. The van der Waals surface area contributed by atoms with Crippen LogP contribution in [0.4, 0.5) is 5.82 Å². The Morgan fingerprint density at radius 1 is 1.12 bits per heavy atom. The number of ether oxygens (including phenoxy) is 2. The first-order chi connectivity index (χ1) is 20.3. The number of amides is 1. The number of nitrogens with one attached hydrogen (secondary N) is 1. The van der Waals surface area contributed by atoms with Crippen LogP contribution in [0.2, 0.25) is 0 Å². The highest BCUT2D eigenvalue weighted by molar-refractivity contribution is 7.91. The number of carbonyl (C=O) groups excluding carboxylic acids is 1. The van der Waals surface area contributed by atoms with Crippen LogP contribution in [0, 0.1) is 5.92 Å². The molecule has 1 fully saturated rings. The van der Waals surface area contributed by atoms with E-state index in [0.29, 0.717) is 17.2 Å². The average Bonchev–Trinajstić information content (AvgIpc) is 3.16. The van der Waals surface area contributed by atoms with Crippen molar-refractivity contribution in [1.29, 1.82) is 0 Å². The summed E-state index contributed by atoms with van der Waals surface area (Å²) in [5, 5.41) is 3.72. The SMILES string of the molecule is CO[C@H]1CCN(c2cccc(-c3ccc4cnc(CNC(=O)c5ccc6c(c5)S(=O)(=O)CCOC6)cc4n3)n2)C[C@@H]1C. The molecule has 0 bridgehead atoms. The predicted octanol–water partition coefficient (Wildman–Crippen LogP) is 3.79. The van der Waals surface area contributed by atoms with Crippen molar-refractivity contribution in [2.75, 3.05) is 37.5 Å². The zero-order valence-corrected chi connectivity index (χ0v) is 24.4. The monoisotopic (exact) mass is 587 g/mol. The van der Waals surface area contributed by atoms with Crippen LogP contribution in [0.1, 0.15) is 35.0 Å². The van der Waals surface area contributed by atoms with Crippen LogP contribution in [0.25, 0.3) is 22.3 Å². The molecule has 3 aromatic heterocycles. The maximum Gasteiger partial charge on any atom is 0.251 e. The van der Waals surface area contributed by atoms with E-state index in [2.05, 4.69) is 22.1 Å². The molecule has 2 aliphatic rings. The van der Waals surface area contributed by atoms with E-state index in [4.69, 9.17) is 19.4 Å². The minimum Gasteiger partial charge on any atom is -0.381 e. The molecule has 0 saturated carbocycles. The second kappa shape index (κ2) is 11.7. The lowest BCUT2D eigenvalue weighted by Crippen LogP contribution is -2.43. The van der Waals surface area contributed by atoms with Crippen LogP contribution < -0.4 is 10.2 Å². The lowest BCUT2D eigenvalue weighted by atomic mass is 9.96. The number of rotatable bonds is 6. The maximum absolute atomic E-state index is 12.9. The maximum atomic E-state index is 12.9. The number of pyridine rings is 3. The molecule has 42 heavy (non-hydrogen) atoms. The Kier molecular flexibility index (Phi) is 7.89. The number of carbonyl (C=O) groups is 1. The number of piperidine rings is 1. The lowest BCUT2D eigenvalue weighted by molar-refractivity contribution is 0.0443. The number of aromatic nitrogens is 3. The summed E-state index contributed by atoms with van der Waals surface area (Å²) in [6.07, 6.45) is 2.96. The molecule has 1 aromatic carbocycles. The molecule has 2 aliphatic heterocycles. The largest absolute Gasteiger partial charge is 0.381 e. The van der Waals surface area contributed by atoms with E-state index in [1.54, 1.807) is 25.4 Å². The Morgan fingerprint density at radius 3 is 2.81 bits per heavy atom. The van der Waals surface area contributed by atoms with Crippen molar-refractivity contribution in [3.8, 4) is 11.4 Å². The molecular formula is C31H33N5O5S. The molecule has 218 valence electrons. The van der Waals surface area contributed by atoms with Crippen LogP contribution in [-0.2, 0) is 32.5 Å². The van der Waals surface area contributed by atoms with E-state index in [-0.39, 0.29) is 48.0 Å². The standard InChI is InChI=1S/C31H33N5O5S/c1-20-18-36(11-10-28(20)40-2)30-5-3-4-25(35-30)26-9-8-22-16-32-24(15-27(22)34-26)17-33-31(37)21-6-7-23-19-41-12-13-42(38,39)29(23)14-21/h3-9,14-16,20,28H,10-13,17-19H2,1-2H3,(H,33,37)/t20-,28-/m0/s1. The number of hydrogen-bond acceptors (Lipinski definition) is 9. The first kappa shape index (κ1) is 28.2. The van der Waals surface area contributed by atoms with Crippen LogP contribution in [-0.4, -0.2) is 67.9 Å². The highest BCUT2D eigenvalue weighted by Crippen LogP contribution is 2.27. The summed E-state index contributed by atoms with van der Waals surface area (Å²) >= 11 is 0. The van der Waals surface area contributed by atoms with Gasteiger partial charge in [0.2, 0.25) is 0 Å². The van der Waals surface area contributed by atoms with Gasteiger partial charge in [0, 0.05) is 37.3 Å². The van der Waals surface area contributed by atoms with Gasteiger partial charge >= 0.3 is 0 Å². The number of benzene rings is 1. The van der Waals surface area contributed by atoms with Gasteiger partial charge in [-0.05, 0) is 60.4 Å². The first-order valence-corrected chi connectivity index (χ1v) is 15.7. The minimum absolute atomic E-state index is 0.104. The van der Waals surface area contributed by atoms with Gasteiger partial charge in [-0.15, -0.1) is 0 Å². The smallest absolute Gasteiger partial charge is 0.251 e. The number of hydrogen-bond donors (Lipinski definition) is 1. The summed E-state index contributed by atoms with van der Waals surface area (Å²) in [7, 11) is -1.73. The van der Waals surface area contributed by atoms with Crippen LogP contribution in [0.5, 0.6) is 0 Å². The molecule has 4 aromatic rings. The zero-order chi connectivity index (χ0) is 29.3. The van der Waals surface area contributed by atoms with Gasteiger partial charge in [0.1, 0.15) is 5.82 Å². The van der Waals surface area contributed by atoms with Crippen molar-refractivity contribution in [2.45, 2.75) is 37.5 Å². The molecular weight excluding hydrogens is 554 g/mol. The molecule has 1 amide bonds. The normalized spacial score (nSPS) is 20.1. The molecule has 6 rings (SSSR count). The van der Waals surface area contributed by atoms with Gasteiger partial charge in [-0.25, -0.2) is 18.4 Å². The number of sulfone groups is 1. The van der Waals surface area contributed by atoms with Gasteiger partial charge in [0.05, 0.1) is 59.1 Å². The lowest BCUT2D eigenvalue weighted by Gasteiger charge is -2.36. The van der Waals surface area contributed by atoms with E-state index in [1.165, 1.54) is 6.07 Å². The molecule has 1 saturated heterocycles. The predicted molar refractivity (Wildman–Crippen MR) is 159 cm³/mol. The fourth-order valence-electron chi connectivity index (χ4n) is 5.56. The van der Waals surface area contributed by atoms with Gasteiger partial charge in [-0.3, -0.25) is 9.78 Å². The number of anilines is 1. The minimum atomic E-state index is -3.51. The van der Waals surface area contributed by atoms with Crippen molar-refractivity contribution in [3.63, 3.8) is 0 Å². The molecule has 0 unspecified atom stereocenters. The quantitative estimate of drug-likeness (QED) is 0.359. The van der Waals surface area contributed by atoms with E-state index < -0.39 is 9.84 Å². The Bertz CT molecular complexity index is 1750.